The first kappa shape index (κ1) is 17.8. The number of halogens is 2. The van der Waals surface area contributed by atoms with Crippen molar-refractivity contribution in [1.82, 2.24) is 9.80 Å². The molecule has 0 aliphatic carbocycles. The molecule has 0 spiro atoms. The van der Waals surface area contributed by atoms with Gasteiger partial charge in [0.05, 0.1) is 22.9 Å². The molecule has 0 unspecified atom stereocenters. The molecule has 1 aliphatic heterocycles. The van der Waals surface area contributed by atoms with Gasteiger partial charge in [0.1, 0.15) is 0 Å². The first-order chi connectivity index (χ1) is 12.0. The Bertz CT molecular complexity index is 757. The molecule has 1 saturated heterocycles. The van der Waals surface area contributed by atoms with Gasteiger partial charge in [-0.05, 0) is 30.3 Å². The van der Waals surface area contributed by atoms with E-state index in [0.717, 1.165) is 0 Å². The summed E-state index contributed by atoms with van der Waals surface area (Å²) in [7, 11) is 0. The van der Waals surface area contributed by atoms with Gasteiger partial charge in [-0.1, -0.05) is 23.2 Å². The van der Waals surface area contributed by atoms with Crippen molar-refractivity contribution in [3.63, 3.8) is 0 Å². The number of carbonyl (C=O) groups is 2. The zero-order chi connectivity index (χ0) is 17.8. The van der Waals surface area contributed by atoms with Crippen LogP contribution in [0.2, 0.25) is 10.0 Å². The lowest BCUT2D eigenvalue weighted by atomic mass is 10.2. The van der Waals surface area contributed by atoms with E-state index in [2.05, 4.69) is 5.32 Å². The summed E-state index contributed by atoms with van der Waals surface area (Å²) in [5.41, 5.74) is 0.592. The Morgan fingerprint density at radius 1 is 1.08 bits per heavy atom. The third-order valence-electron chi connectivity index (χ3n) is 3.99. The van der Waals surface area contributed by atoms with E-state index in [9.17, 15) is 9.59 Å². The molecule has 6 nitrogen and oxygen atoms in total. The number of amides is 2. The van der Waals surface area contributed by atoms with Crippen LogP contribution in [0.5, 0.6) is 0 Å². The Balaban J connectivity index is 1.49. The third-order valence-corrected chi connectivity index (χ3v) is 4.73. The molecular weight excluding hydrogens is 365 g/mol. The fraction of sp³-hybridized carbons (Fsp3) is 0.294. The highest BCUT2D eigenvalue weighted by molar-refractivity contribution is 6.42. The molecule has 0 saturated carbocycles. The predicted molar refractivity (Wildman–Crippen MR) is 96.5 cm³/mol. The van der Waals surface area contributed by atoms with Crippen LogP contribution in [0.25, 0.3) is 0 Å². The Morgan fingerprint density at radius 2 is 1.84 bits per heavy atom. The van der Waals surface area contributed by atoms with E-state index in [1.54, 1.807) is 35.2 Å². The monoisotopic (exact) mass is 381 g/mol. The summed E-state index contributed by atoms with van der Waals surface area (Å²) >= 11 is 11.8. The highest BCUT2D eigenvalue weighted by atomic mass is 35.5. The van der Waals surface area contributed by atoms with Gasteiger partial charge in [0.15, 0.2) is 5.76 Å². The van der Waals surface area contributed by atoms with Gasteiger partial charge >= 0.3 is 6.03 Å². The summed E-state index contributed by atoms with van der Waals surface area (Å²) in [6, 6.07) is 8.10. The minimum Gasteiger partial charge on any atom is -0.461 e. The number of hydrogen-bond donors (Lipinski definition) is 1. The number of nitrogens with one attached hydrogen (secondary N) is 1. The fourth-order valence-electron chi connectivity index (χ4n) is 2.60. The Kier molecular flexibility index (Phi) is 5.63. The quantitative estimate of drug-likeness (QED) is 0.821. The smallest absolute Gasteiger partial charge is 0.321 e. The molecule has 2 amide bonds. The van der Waals surface area contributed by atoms with Gasteiger partial charge in [0, 0.05) is 31.9 Å². The summed E-state index contributed by atoms with van der Waals surface area (Å²) in [6.07, 6.45) is 1.48. The maximum Gasteiger partial charge on any atom is 0.321 e. The van der Waals surface area contributed by atoms with E-state index in [1.165, 1.54) is 6.26 Å². The van der Waals surface area contributed by atoms with E-state index < -0.39 is 0 Å². The Hall–Kier alpha value is -2.02. The highest BCUT2D eigenvalue weighted by Gasteiger charge is 2.23. The summed E-state index contributed by atoms with van der Waals surface area (Å²) in [6.45, 7) is 2.62. The number of rotatable bonds is 4. The van der Waals surface area contributed by atoms with Gasteiger partial charge in [-0.15, -0.1) is 0 Å². The number of furan rings is 1. The lowest BCUT2D eigenvalue weighted by molar-refractivity contribution is 0.0857. The van der Waals surface area contributed by atoms with E-state index >= 15 is 0 Å². The fourth-order valence-corrected chi connectivity index (χ4v) is 2.90. The van der Waals surface area contributed by atoms with Gasteiger partial charge in [-0.25, -0.2) is 4.79 Å². The third kappa shape index (κ3) is 4.54. The number of urea groups is 1. The zero-order valence-corrected chi connectivity index (χ0v) is 14.9. The maximum atomic E-state index is 12.3. The molecule has 1 aromatic carbocycles. The Morgan fingerprint density at radius 3 is 2.48 bits per heavy atom. The molecule has 1 N–H and O–H groups in total. The van der Waals surface area contributed by atoms with Gasteiger partial charge in [-0.2, -0.15) is 0 Å². The first-order valence-corrected chi connectivity index (χ1v) is 8.58. The predicted octanol–water partition coefficient (Wildman–Crippen LogP) is 3.62. The van der Waals surface area contributed by atoms with Crippen LogP contribution in [0, 0.1) is 0 Å². The molecule has 0 atom stereocenters. The minimum absolute atomic E-state index is 0.0568. The van der Waals surface area contributed by atoms with Crippen molar-refractivity contribution >= 4 is 40.7 Å². The zero-order valence-electron chi connectivity index (χ0n) is 13.4. The van der Waals surface area contributed by atoms with E-state index in [0.29, 0.717) is 47.7 Å². The number of hydrogen-bond acceptors (Lipinski definition) is 4. The average molecular weight is 382 g/mol. The van der Waals surface area contributed by atoms with Crippen LogP contribution in [0.1, 0.15) is 10.6 Å². The van der Waals surface area contributed by atoms with E-state index in [-0.39, 0.29) is 18.4 Å². The van der Waals surface area contributed by atoms with Gasteiger partial charge < -0.3 is 14.6 Å². The molecule has 25 heavy (non-hydrogen) atoms. The van der Waals surface area contributed by atoms with Crippen LogP contribution in [0.4, 0.5) is 10.5 Å². The first-order valence-electron chi connectivity index (χ1n) is 7.83. The summed E-state index contributed by atoms with van der Waals surface area (Å²) in [5.74, 6) is 0.304. The van der Waals surface area contributed by atoms with Gasteiger partial charge in [-0.3, -0.25) is 9.69 Å². The van der Waals surface area contributed by atoms with Crippen molar-refractivity contribution in [3.05, 3.63) is 52.4 Å². The summed E-state index contributed by atoms with van der Waals surface area (Å²) < 4.78 is 5.11. The number of benzene rings is 1. The molecule has 1 aromatic heterocycles. The van der Waals surface area contributed by atoms with E-state index in [4.69, 9.17) is 27.6 Å². The van der Waals surface area contributed by atoms with Crippen LogP contribution in [0.3, 0.4) is 0 Å². The number of nitrogens with zero attached hydrogens (tertiary/aromatic N) is 2. The Labute approximate surface area is 155 Å². The van der Waals surface area contributed by atoms with Crippen molar-refractivity contribution in [2.75, 3.05) is 38.0 Å². The number of Topliss-reactive ketones (excluding diaryl/α,β-unsaturated/α-hetero) is 1. The molecule has 8 heteroatoms. The molecule has 2 heterocycles. The lowest BCUT2D eigenvalue weighted by Gasteiger charge is -2.34. The van der Waals surface area contributed by atoms with Crippen molar-refractivity contribution in [2.45, 2.75) is 0 Å². The molecule has 2 aromatic rings. The molecular formula is C17H17Cl2N3O3. The topological polar surface area (TPSA) is 65.8 Å². The van der Waals surface area contributed by atoms with Crippen molar-refractivity contribution in [1.29, 1.82) is 0 Å². The lowest BCUT2D eigenvalue weighted by Crippen LogP contribution is -2.51. The molecule has 132 valence electrons. The standard InChI is InChI=1S/C17H17Cl2N3O3/c18-13-4-3-12(10-14(13)19)20-17(24)22-7-5-21(6-8-22)11-15(23)16-2-1-9-25-16/h1-4,9-10H,5-8,11H2,(H,20,24). The summed E-state index contributed by atoms with van der Waals surface area (Å²) in [4.78, 5) is 28.1. The second-order valence-electron chi connectivity index (χ2n) is 5.72. The second kappa shape index (κ2) is 7.91. The second-order valence-corrected chi connectivity index (χ2v) is 6.54. The average Bonchev–Trinajstić information content (AvgIpc) is 3.13. The molecule has 1 fully saturated rings. The maximum absolute atomic E-state index is 12.3. The van der Waals surface area contributed by atoms with Crippen LogP contribution in [0.15, 0.2) is 41.0 Å². The van der Waals surface area contributed by atoms with Crippen molar-refractivity contribution < 1.29 is 14.0 Å². The van der Waals surface area contributed by atoms with Crippen LogP contribution < -0.4 is 5.32 Å². The van der Waals surface area contributed by atoms with Crippen LogP contribution in [-0.4, -0.2) is 54.3 Å². The van der Waals surface area contributed by atoms with E-state index in [1.807, 2.05) is 4.90 Å². The number of anilines is 1. The van der Waals surface area contributed by atoms with Gasteiger partial charge in [0.2, 0.25) is 5.78 Å². The minimum atomic E-state index is -0.199. The van der Waals surface area contributed by atoms with Crippen LogP contribution in [-0.2, 0) is 0 Å². The number of ketones is 1. The summed E-state index contributed by atoms with van der Waals surface area (Å²) in [5, 5.41) is 3.63. The SMILES string of the molecule is O=C(CN1CCN(C(=O)Nc2ccc(Cl)c(Cl)c2)CC1)c1ccco1. The number of carbonyl (C=O) groups excluding carboxylic acids is 2. The number of piperazine rings is 1. The van der Waals surface area contributed by atoms with Crippen molar-refractivity contribution in [3.8, 4) is 0 Å². The normalized spacial score (nSPS) is 15.2. The molecule has 1 aliphatic rings. The van der Waals surface area contributed by atoms with Crippen LogP contribution >= 0.6 is 23.2 Å². The van der Waals surface area contributed by atoms with Crippen molar-refractivity contribution in [2.24, 2.45) is 0 Å². The largest absolute Gasteiger partial charge is 0.461 e. The highest BCUT2D eigenvalue weighted by Crippen LogP contribution is 2.25. The molecule has 3 rings (SSSR count). The molecule has 0 radical (unpaired) electrons. The molecule has 0 bridgehead atoms. The van der Waals surface area contributed by atoms with Gasteiger partial charge in [0.25, 0.3) is 0 Å².